The number of phenols is 1. The van der Waals surface area contributed by atoms with E-state index in [0.29, 0.717) is 17.7 Å². The maximum atomic E-state index is 14.2. The third-order valence-electron chi connectivity index (χ3n) is 9.70. The van der Waals surface area contributed by atoms with Gasteiger partial charge in [-0.25, -0.2) is 4.98 Å². The van der Waals surface area contributed by atoms with E-state index in [1.54, 1.807) is 27.7 Å². The van der Waals surface area contributed by atoms with Crippen LogP contribution >= 0.6 is 0 Å². The lowest BCUT2D eigenvalue weighted by Crippen LogP contribution is -2.61. The highest BCUT2D eigenvalue weighted by Crippen LogP contribution is 2.15. The molecule has 0 aliphatic heterocycles. The highest BCUT2D eigenvalue weighted by atomic mass is 16.4. The topological polar surface area (TPSA) is 389 Å². The highest BCUT2D eigenvalue weighted by molar-refractivity contribution is 5.97. The summed E-state index contributed by atoms with van der Waals surface area (Å²) >= 11 is 0. The van der Waals surface area contributed by atoms with Gasteiger partial charge in [-0.1, -0.05) is 46.2 Å². The first-order chi connectivity index (χ1) is 29.1. The number of carbonyl (C=O) groups is 8. The molecule has 8 atom stereocenters. The minimum atomic E-state index is -1.50. The van der Waals surface area contributed by atoms with Crippen molar-refractivity contribution >= 4 is 53.3 Å². The largest absolute Gasteiger partial charge is 0.508 e. The van der Waals surface area contributed by atoms with E-state index < -0.39 is 108 Å². The van der Waals surface area contributed by atoms with E-state index in [0.717, 1.165) is 0 Å². The van der Waals surface area contributed by atoms with Crippen molar-refractivity contribution in [3.63, 3.8) is 0 Å². The van der Waals surface area contributed by atoms with Gasteiger partial charge in [-0.3, -0.25) is 43.3 Å². The molecule has 6 amide bonds. The van der Waals surface area contributed by atoms with Gasteiger partial charge in [0, 0.05) is 31.3 Å². The number of nitrogens with one attached hydrogen (secondary N) is 7. The number of phenolic OH excluding ortho intramolecular Hbond substituents is 1. The number of aromatic nitrogens is 2. The summed E-state index contributed by atoms with van der Waals surface area (Å²) in [6.07, 6.45) is 2.30. The number of nitrogens with two attached hydrogens (primary N) is 3. The molecule has 0 aliphatic carbocycles. The van der Waals surface area contributed by atoms with Crippen LogP contribution in [0.25, 0.3) is 0 Å². The predicted molar refractivity (Wildman–Crippen MR) is 223 cm³/mol. The summed E-state index contributed by atoms with van der Waals surface area (Å²) in [7, 11) is 0. The van der Waals surface area contributed by atoms with Gasteiger partial charge in [-0.05, 0) is 49.3 Å². The zero-order valence-electron chi connectivity index (χ0n) is 35.3. The molecule has 1 unspecified atom stereocenters. The monoisotopic (exact) mass is 872 g/mol. The Hall–Kier alpha value is -6.78. The third kappa shape index (κ3) is 17.4. The van der Waals surface area contributed by atoms with Gasteiger partial charge >= 0.3 is 11.9 Å². The summed E-state index contributed by atoms with van der Waals surface area (Å²) in [6.45, 7) is 8.01. The second kappa shape index (κ2) is 25.1. The van der Waals surface area contributed by atoms with Crippen molar-refractivity contribution in [1.29, 1.82) is 0 Å². The number of aromatic amines is 1. The number of aliphatic imine (C=N–C) groups is 1. The number of benzene rings is 1. The SMILES string of the molecule is CC[C@H](C)C(NC(=O)[C@H](Cc1ccc(O)cc1)NC(=O)[C@@H](NC(=O)[C@H](CCCN=C(N)N)NC(=O)[C@@H](N)CC(=O)O)C(C)C)C(=O)N[C@@H](Cc1cnc[nH]1)C(=O)N[C@H](C)C(=O)O. The molecule has 342 valence electrons. The molecule has 23 nitrogen and oxygen atoms in total. The number of rotatable bonds is 26. The first kappa shape index (κ1) is 51.4. The molecule has 62 heavy (non-hydrogen) atoms. The second-order valence-electron chi connectivity index (χ2n) is 15.2. The number of aromatic hydroxyl groups is 1. The minimum Gasteiger partial charge on any atom is -0.508 e. The van der Waals surface area contributed by atoms with Crippen molar-refractivity contribution in [3.05, 3.63) is 48.0 Å². The number of hydrogen-bond acceptors (Lipinski definition) is 12. The lowest BCUT2D eigenvalue weighted by Gasteiger charge is -2.30. The Morgan fingerprint density at radius 2 is 1.29 bits per heavy atom. The van der Waals surface area contributed by atoms with Gasteiger partial charge in [-0.2, -0.15) is 0 Å². The van der Waals surface area contributed by atoms with Crippen molar-refractivity contribution in [2.24, 2.45) is 34.0 Å². The number of imidazole rings is 1. The Morgan fingerprint density at radius 3 is 1.82 bits per heavy atom. The fraction of sp³-hybridized carbons (Fsp3) is 0.538. The van der Waals surface area contributed by atoms with Gasteiger partial charge in [0.15, 0.2) is 5.96 Å². The van der Waals surface area contributed by atoms with Gasteiger partial charge in [0.05, 0.1) is 18.8 Å². The van der Waals surface area contributed by atoms with Gasteiger partial charge in [0.2, 0.25) is 35.4 Å². The number of nitrogens with zero attached hydrogens (tertiary/aromatic N) is 2. The van der Waals surface area contributed by atoms with E-state index in [1.807, 2.05) is 0 Å². The number of hydrogen-bond donors (Lipinski definition) is 13. The Balaban J connectivity index is 2.43. The first-order valence-electron chi connectivity index (χ1n) is 20.0. The molecule has 16 N–H and O–H groups in total. The lowest BCUT2D eigenvalue weighted by molar-refractivity contribution is -0.142. The molecule has 0 saturated carbocycles. The smallest absolute Gasteiger partial charge is 0.325 e. The molecule has 0 radical (unpaired) electrons. The van der Waals surface area contributed by atoms with Crippen LogP contribution in [0.15, 0.2) is 41.8 Å². The van der Waals surface area contributed by atoms with Crippen LogP contribution in [-0.2, 0) is 51.2 Å². The number of carboxylic acid groups (broad SMARTS) is 2. The number of amides is 6. The summed E-state index contributed by atoms with van der Waals surface area (Å²) in [5.74, 6) is -9.08. The van der Waals surface area contributed by atoms with Gasteiger partial charge < -0.3 is 69.4 Å². The standard InChI is InChI=1S/C39H60N12O11/c1-6-20(4)31(37(60)49-28(15-23-17-43-18-45-23)34(57)46-21(5)38(61)62)51-35(58)27(14-22-9-11-24(52)12-10-22)48-36(59)30(19(2)3)50-33(56)26(8-7-13-44-39(41)42)47-32(55)25(40)16-29(53)54/h9-12,17-21,25-28,30-31,52H,6-8,13-16,40H2,1-5H3,(H,43,45)(H,46,57)(H,47,55)(H,48,59)(H,49,60)(H,50,56)(H,51,58)(H,53,54)(H,61,62)(H4,41,42,44)/t20-,21+,25-,26-,27-,28-,30-,31?/m0/s1. The molecule has 0 aliphatic rings. The first-order valence-corrected chi connectivity index (χ1v) is 20.0. The molecule has 2 aromatic rings. The van der Waals surface area contributed by atoms with E-state index in [-0.39, 0.29) is 43.9 Å². The quantitative estimate of drug-likeness (QED) is 0.0263. The molecule has 0 fully saturated rings. The third-order valence-corrected chi connectivity index (χ3v) is 9.70. The van der Waals surface area contributed by atoms with Crippen LogP contribution in [0.5, 0.6) is 5.75 Å². The van der Waals surface area contributed by atoms with E-state index in [2.05, 4.69) is 46.9 Å². The van der Waals surface area contributed by atoms with Gasteiger partial charge in [0.1, 0.15) is 42.0 Å². The zero-order chi connectivity index (χ0) is 46.7. The Labute approximate surface area is 358 Å². The number of carbonyl (C=O) groups excluding carboxylic acids is 6. The zero-order valence-corrected chi connectivity index (χ0v) is 35.3. The van der Waals surface area contributed by atoms with E-state index in [1.165, 1.54) is 43.7 Å². The molecule has 0 spiro atoms. The van der Waals surface area contributed by atoms with Crippen molar-refractivity contribution in [2.45, 2.75) is 115 Å². The van der Waals surface area contributed by atoms with Crippen LogP contribution < -0.4 is 49.1 Å². The molecule has 1 heterocycles. The minimum absolute atomic E-state index is 0.0471. The normalized spacial score (nSPS) is 14.9. The van der Waals surface area contributed by atoms with Crippen molar-refractivity contribution in [1.82, 2.24) is 41.9 Å². The Morgan fingerprint density at radius 1 is 0.742 bits per heavy atom. The summed E-state index contributed by atoms with van der Waals surface area (Å²) < 4.78 is 0. The number of carboxylic acids is 2. The van der Waals surface area contributed by atoms with Crippen molar-refractivity contribution in [3.8, 4) is 5.75 Å². The van der Waals surface area contributed by atoms with Crippen molar-refractivity contribution < 1.29 is 53.7 Å². The molecule has 0 bridgehead atoms. The van der Waals surface area contributed by atoms with Crippen LogP contribution in [0.2, 0.25) is 0 Å². The highest BCUT2D eigenvalue weighted by Gasteiger charge is 2.36. The van der Waals surface area contributed by atoms with Crippen LogP contribution in [0.4, 0.5) is 0 Å². The summed E-state index contributed by atoms with van der Waals surface area (Å²) in [5.41, 5.74) is 17.4. The summed E-state index contributed by atoms with van der Waals surface area (Å²) in [5, 5.41) is 43.7. The Bertz CT molecular complexity index is 1870. The fourth-order valence-electron chi connectivity index (χ4n) is 5.88. The molecule has 0 saturated heterocycles. The number of H-pyrrole nitrogens is 1. The summed E-state index contributed by atoms with van der Waals surface area (Å²) in [4.78, 5) is 115. The fourth-order valence-corrected chi connectivity index (χ4v) is 5.88. The van der Waals surface area contributed by atoms with Crippen LogP contribution in [0.3, 0.4) is 0 Å². The van der Waals surface area contributed by atoms with E-state index in [4.69, 9.17) is 22.3 Å². The number of aliphatic carboxylic acids is 2. The molecular weight excluding hydrogens is 813 g/mol. The second-order valence-corrected chi connectivity index (χ2v) is 15.2. The molecule has 2 rings (SSSR count). The van der Waals surface area contributed by atoms with Crippen LogP contribution in [-0.4, -0.2) is 127 Å². The van der Waals surface area contributed by atoms with Crippen LogP contribution in [0, 0.1) is 11.8 Å². The van der Waals surface area contributed by atoms with Gasteiger partial charge in [0.25, 0.3) is 0 Å². The molecule has 1 aromatic carbocycles. The maximum Gasteiger partial charge on any atom is 0.325 e. The van der Waals surface area contributed by atoms with Crippen LogP contribution in [0.1, 0.15) is 71.6 Å². The number of guanidine groups is 1. The van der Waals surface area contributed by atoms with E-state index >= 15 is 0 Å². The molecule has 1 aromatic heterocycles. The lowest BCUT2D eigenvalue weighted by atomic mass is 9.96. The molecular formula is C39H60N12O11. The maximum absolute atomic E-state index is 14.2. The average Bonchev–Trinajstić information content (AvgIpc) is 3.72. The Kier molecular flexibility index (Phi) is 20.8. The average molecular weight is 873 g/mol. The summed E-state index contributed by atoms with van der Waals surface area (Å²) in [6, 6.07) is -3.61. The van der Waals surface area contributed by atoms with Crippen molar-refractivity contribution in [2.75, 3.05) is 6.54 Å². The van der Waals surface area contributed by atoms with Gasteiger partial charge in [-0.15, -0.1) is 0 Å². The molecule has 23 heteroatoms. The predicted octanol–water partition coefficient (Wildman–Crippen LogP) is -2.53. The van der Waals surface area contributed by atoms with E-state index in [9.17, 15) is 48.6 Å².